The highest BCUT2D eigenvalue weighted by atomic mass is 16.3. The first-order chi connectivity index (χ1) is 9.78. The third-order valence-electron chi connectivity index (χ3n) is 2.60. The molecule has 9 heteroatoms. The van der Waals surface area contributed by atoms with Crippen molar-refractivity contribution in [2.75, 3.05) is 36.5 Å². The first-order valence-corrected chi connectivity index (χ1v) is 6.49. The Morgan fingerprint density at radius 3 is 2.75 bits per heavy atom. The van der Waals surface area contributed by atoms with Crippen molar-refractivity contribution in [2.45, 2.75) is 13.8 Å². The molecule has 0 fully saturated rings. The van der Waals surface area contributed by atoms with E-state index in [1.807, 2.05) is 18.7 Å². The summed E-state index contributed by atoms with van der Waals surface area (Å²) in [5.41, 5.74) is 0. The van der Waals surface area contributed by atoms with Gasteiger partial charge in [0.05, 0.1) is 6.61 Å². The Kier molecular flexibility index (Phi) is 4.77. The molecule has 2 N–H and O–H groups in total. The van der Waals surface area contributed by atoms with Gasteiger partial charge in [-0.3, -0.25) is 0 Å². The molecule has 0 saturated carbocycles. The third-order valence-corrected chi connectivity index (χ3v) is 2.60. The van der Waals surface area contributed by atoms with E-state index in [1.54, 1.807) is 0 Å². The predicted octanol–water partition coefficient (Wildman–Crippen LogP) is -0.297. The van der Waals surface area contributed by atoms with E-state index in [-0.39, 0.29) is 6.61 Å². The molecule has 20 heavy (non-hydrogen) atoms. The smallest absolute Gasteiger partial charge is 0.258 e. The van der Waals surface area contributed by atoms with E-state index in [0.29, 0.717) is 37.5 Å². The van der Waals surface area contributed by atoms with Gasteiger partial charge in [0.1, 0.15) is 12.7 Å². The number of nitrogens with one attached hydrogen (secondary N) is 1. The summed E-state index contributed by atoms with van der Waals surface area (Å²) in [6.45, 7) is 5.82. The van der Waals surface area contributed by atoms with Crippen LogP contribution in [-0.4, -0.2) is 61.1 Å². The number of aliphatic hydroxyl groups is 1. The van der Waals surface area contributed by atoms with E-state index in [9.17, 15) is 0 Å². The number of hydrogen-bond acceptors (Lipinski definition) is 8. The number of nitrogens with zero attached hydrogens (tertiary/aromatic N) is 7. The lowest BCUT2D eigenvalue weighted by molar-refractivity contribution is 0.301. The SMILES string of the molecule is CCNc1nc(N(CC)CCO)nc(-n2cncn2)n1. The van der Waals surface area contributed by atoms with Crippen LogP contribution in [0.2, 0.25) is 0 Å². The fourth-order valence-electron chi connectivity index (χ4n) is 1.67. The van der Waals surface area contributed by atoms with Crippen LogP contribution in [0.1, 0.15) is 13.8 Å². The number of hydrogen-bond donors (Lipinski definition) is 2. The van der Waals surface area contributed by atoms with Crippen molar-refractivity contribution in [3.8, 4) is 5.95 Å². The van der Waals surface area contributed by atoms with Crippen molar-refractivity contribution >= 4 is 11.9 Å². The van der Waals surface area contributed by atoms with Crippen molar-refractivity contribution in [3.05, 3.63) is 12.7 Å². The van der Waals surface area contributed by atoms with Gasteiger partial charge in [0, 0.05) is 19.6 Å². The van der Waals surface area contributed by atoms with E-state index in [2.05, 4.69) is 30.4 Å². The molecular formula is C11H18N8O. The molecule has 2 aromatic rings. The molecule has 0 aliphatic heterocycles. The van der Waals surface area contributed by atoms with E-state index in [4.69, 9.17) is 5.11 Å². The van der Waals surface area contributed by atoms with Crippen LogP contribution < -0.4 is 10.2 Å². The third kappa shape index (κ3) is 3.18. The molecule has 0 radical (unpaired) electrons. The number of aliphatic hydroxyl groups excluding tert-OH is 1. The quantitative estimate of drug-likeness (QED) is 0.711. The van der Waals surface area contributed by atoms with Crippen LogP contribution in [0.4, 0.5) is 11.9 Å². The molecule has 0 unspecified atom stereocenters. The van der Waals surface area contributed by atoms with Gasteiger partial charge in [-0.05, 0) is 13.8 Å². The van der Waals surface area contributed by atoms with Gasteiger partial charge in [-0.15, -0.1) is 0 Å². The summed E-state index contributed by atoms with van der Waals surface area (Å²) in [5.74, 6) is 1.36. The van der Waals surface area contributed by atoms with Crippen LogP contribution >= 0.6 is 0 Å². The minimum Gasteiger partial charge on any atom is -0.395 e. The van der Waals surface area contributed by atoms with Crippen molar-refractivity contribution < 1.29 is 5.11 Å². The lowest BCUT2D eigenvalue weighted by Crippen LogP contribution is -2.29. The van der Waals surface area contributed by atoms with Crippen LogP contribution in [0.3, 0.4) is 0 Å². The summed E-state index contributed by atoms with van der Waals surface area (Å²) >= 11 is 0. The first-order valence-electron chi connectivity index (χ1n) is 6.49. The number of rotatable bonds is 7. The predicted molar refractivity (Wildman–Crippen MR) is 73.9 cm³/mol. The molecule has 0 bridgehead atoms. The van der Waals surface area contributed by atoms with E-state index in [0.717, 1.165) is 0 Å². The summed E-state index contributed by atoms with van der Waals surface area (Å²) < 4.78 is 1.47. The van der Waals surface area contributed by atoms with Crippen molar-refractivity contribution in [1.29, 1.82) is 0 Å². The summed E-state index contributed by atoms with van der Waals surface area (Å²) in [4.78, 5) is 18.7. The molecule has 108 valence electrons. The summed E-state index contributed by atoms with van der Waals surface area (Å²) in [6.07, 6.45) is 2.94. The van der Waals surface area contributed by atoms with E-state index >= 15 is 0 Å². The highest BCUT2D eigenvalue weighted by molar-refractivity contribution is 5.39. The number of anilines is 2. The molecule has 0 aromatic carbocycles. The highest BCUT2D eigenvalue weighted by Crippen LogP contribution is 2.12. The zero-order valence-corrected chi connectivity index (χ0v) is 11.6. The van der Waals surface area contributed by atoms with Crippen LogP contribution in [0.25, 0.3) is 5.95 Å². The second-order valence-corrected chi connectivity index (χ2v) is 3.93. The van der Waals surface area contributed by atoms with Gasteiger partial charge >= 0.3 is 0 Å². The van der Waals surface area contributed by atoms with Crippen molar-refractivity contribution in [3.63, 3.8) is 0 Å². The van der Waals surface area contributed by atoms with Crippen LogP contribution in [0, 0.1) is 0 Å². The fourth-order valence-corrected chi connectivity index (χ4v) is 1.67. The Morgan fingerprint density at radius 1 is 1.30 bits per heavy atom. The Labute approximate surface area is 116 Å². The minimum absolute atomic E-state index is 0.0364. The molecule has 0 aliphatic rings. The Morgan fingerprint density at radius 2 is 2.15 bits per heavy atom. The lowest BCUT2D eigenvalue weighted by Gasteiger charge is -2.20. The van der Waals surface area contributed by atoms with Gasteiger partial charge in [0.15, 0.2) is 0 Å². The van der Waals surface area contributed by atoms with Crippen molar-refractivity contribution in [2.24, 2.45) is 0 Å². The molecule has 0 spiro atoms. The Hall–Kier alpha value is -2.29. The van der Waals surface area contributed by atoms with Gasteiger partial charge in [0.2, 0.25) is 11.9 Å². The van der Waals surface area contributed by atoms with Crippen LogP contribution in [0.15, 0.2) is 12.7 Å². The molecule has 0 saturated heterocycles. The standard InChI is InChI=1S/C11H18N8O/c1-3-13-9-15-10(18(4-2)5-6-20)17-11(16-9)19-8-12-7-14-19/h7-8,20H,3-6H2,1-2H3,(H,13,15,16,17). The second kappa shape index (κ2) is 6.75. The van der Waals surface area contributed by atoms with E-state index < -0.39 is 0 Å². The molecular weight excluding hydrogens is 260 g/mol. The highest BCUT2D eigenvalue weighted by Gasteiger charge is 2.13. The average Bonchev–Trinajstić information content (AvgIpc) is 2.99. The topological polar surface area (TPSA) is 105 Å². The van der Waals surface area contributed by atoms with Gasteiger partial charge < -0.3 is 15.3 Å². The second-order valence-electron chi connectivity index (χ2n) is 3.93. The molecule has 2 heterocycles. The maximum atomic E-state index is 9.10. The Balaban J connectivity index is 2.40. The zero-order valence-electron chi connectivity index (χ0n) is 11.6. The van der Waals surface area contributed by atoms with Crippen LogP contribution in [-0.2, 0) is 0 Å². The molecule has 0 amide bonds. The molecule has 2 aromatic heterocycles. The summed E-state index contributed by atoms with van der Waals surface area (Å²) in [6, 6.07) is 0. The zero-order chi connectivity index (χ0) is 14.4. The molecule has 0 atom stereocenters. The van der Waals surface area contributed by atoms with Gasteiger partial charge in [-0.1, -0.05) is 0 Å². The van der Waals surface area contributed by atoms with Gasteiger partial charge in [-0.25, -0.2) is 4.98 Å². The lowest BCUT2D eigenvalue weighted by atomic mass is 10.5. The molecule has 2 rings (SSSR count). The molecule has 9 nitrogen and oxygen atoms in total. The Bertz CT molecular complexity index is 529. The average molecular weight is 278 g/mol. The van der Waals surface area contributed by atoms with Crippen LogP contribution in [0.5, 0.6) is 0 Å². The number of likely N-dealkylation sites (N-methyl/N-ethyl adjacent to an activating group) is 1. The fraction of sp³-hybridized carbons (Fsp3) is 0.545. The van der Waals surface area contributed by atoms with Gasteiger partial charge in [-0.2, -0.15) is 24.7 Å². The largest absolute Gasteiger partial charge is 0.395 e. The maximum Gasteiger partial charge on any atom is 0.258 e. The molecule has 0 aliphatic carbocycles. The minimum atomic E-state index is 0.0364. The summed E-state index contributed by atoms with van der Waals surface area (Å²) in [7, 11) is 0. The van der Waals surface area contributed by atoms with Crippen molar-refractivity contribution in [1.82, 2.24) is 29.7 Å². The number of aromatic nitrogens is 6. The van der Waals surface area contributed by atoms with Gasteiger partial charge in [0.25, 0.3) is 5.95 Å². The van der Waals surface area contributed by atoms with E-state index in [1.165, 1.54) is 17.3 Å². The summed E-state index contributed by atoms with van der Waals surface area (Å²) in [5, 5.41) is 16.2. The maximum absolute atomic E-state index is 9.10. The first kappa shape index (κ1) is 14.1. The normalized spacial score (nSPS) is 10.6. The monoisotopic (exact) mass is 278 g/mol.